The summed E-state index contributed by atoms with van der Waals surface area (Å²) >= 11 is 0. The number of esters is 1. The van der Waals surface area contributed by atoms with Crippen molar-refractivity contribution in [3.63, 3.8) is 0 Å². The molecule has 1 saturated carbocycles. The molecule has 2 rings (SSSR count). The van der Waals surface area contributed by atoms with Gasteiger partial charge in [-0.3, -0.25) is 0 Å². The first-order chi connectivity index (χ1) is 10.7. The number of hydrogen-bond donors (Lipinski definition) is 0. The van der Waals surface area contributed by atoms with E-state index >= 15 is 0 Å². The fourth-order valence-electron chi connectivity index (χ4n) is 3.84. The summed E-state index contributed by atoms with van der Waals surface area (Å²) in [4.78, 5) is 14.4. The molecule has 1 heterocycles. The van der Waals surface area contributed by atoms with E-state index in [1.807, 2.05) is 0 Å². The molecule has 22 heavy (non-hydrogen) atoms. The van der Waals surface area contributed by atoms with Crippen LogP contribution in [0.2, 0.25) is 0 Å². The summed E-state index contributed by atoms with van der Waals surface area (Å²) < 4.78 is 5.82. The average molecular weight is 307 g/mol. The second-order valence-corrected chi connectivity index (χ2v) is 6.91. The lowest BCUT2D eigenvalue weighted by Gasteiger charge is -2.40. The van der Waals surface area contributed by atoms with Crippen LogP contribution in [0.1, 0.15) is 84.5 Å². The Balaban J connectivity index is 2.07. The van der Waals surface area contributed by atoms with Gasteiger partial charge in [0.1, 0.15) is 0 Å². The van der Waals surface area contributed by atoms with E-state index in [0.717, 1.165) is 25.9 Å². The van der Waals surface area contributed by atoms with Crippen LogP contribution in [0.5, 0.6) is 0 Å². The Bertz CT molecular complexity index is 373. The maximum atomic E-state index is 12.0. The Morgan fingerprint density at radius 3 is 2.14 bits per heavy atom. The molecule has 0 saturated heterocycles. The summed E-state index contributed by atoms with van der Waals surface area (Å²) in [6, 6.07) is 0. The minimum absolute atomic E-state index is 0.118. The molecule has 126 valence electrons. The van der Waals surface area contributed by atoms with Crippen molar-refractivity contribution in [3.05, 3.63) is 11.8 Å². The highest BCUT2D eigenvalue weighted by atomic mass is 16.6. The molecule has 1 aliphatic carbocycles. The Kier molecular flexibility index (Phi) is 6.78. The monoisotopic (exact) mass is 307 g/mol. The smallest absolute Gasteiger partial charge is 0.333 e. The lowest BCUT2D eigenvalue weighted by atomic mass is 9.82. The molecule has 1 spiro atoms. The van der Waals surface area contributed by atoms with E-state index in [4.69, 9.17) is 4.74 Å². The van der Waals surface area contributed by atoms with Gasteiger partial charge in [0.15, 0.2) is 5.60 Å². The minimum atomic E-state index is -0.284. The molecule has 0 amide bonds. The van der Waals surface area contributed by atoms with Crippen LogP contribution in [0, 0.1) is 0 Å². The molecule has 1 fully saturated rings. The van der Waals surface area contributed by atoms with Crippen LogP contribution in [0.25, 0.3) is 0 Å². The van der Waals surface area contributed by atoms with E-state index in [1.165, 1.54) is 63.5 Å². The SMILES string of the molecule is CCCCCN(CCCCC)C1=CC(=O)OC12CCCCC2. The van der Waals surface area contributed by atoms with Gasteiger partial charge >= 0.3 is 5.97 Å². The van der Waals surface area contributed by atoms with Gasteiger partial charge in [0.25, 0.3) is 0 Å². The van der Waals surface area contributed by atoms with Gasteiger partial charge in [0.05, 0.1) is 5.70 Å². The largest absolute Gasteiger partial charge is 0.449 e. The molecule has 0 N–H and O–H groups in total. The van der Waals surface area contributed by atoms with Gasteiger partial charge in [-0.1, -0.05) is 46.0 Å². The fourth-order valence-corrected chi connectivity index (χ4v) is 3.84. The molecule has 0 bridgehead atoms. The molecule has 0 aromatic heterocycles. The van der Waals surface area contributed by atoms with E-state index in [-0.39, 0.29) is 11.6 Å². The second-order valence-electron chi connectivity index (χ2n) is 6.91. The predicted molar refractivity (Wildman–Crippen MR) is 90.6 cm³/mol. The molecule has 0 aromatic carbocycles. The normalized spacial score (nSPS) is 20.1. The molecule has 1 aliphatic heterocycles. The summed E-state index contributed by atoms with van der Waals surface area (Å²) in [5, 5.41) is 0. The van der Waals surface area contributed by atoms with Crippen molar-refractivity contribution in [2.75, 3.05) is 13.1 Å². The van der Waals surface area contributed by atoms with Gasteiger partial charge in [0.2, 0.25) is 0 Å². The average Bonchev–Trinajstić information content (AvgIpc) is 2.82. The molecule has 0 atom stereocenters. The summed E-state index contributed by atoms with van der Waals surface area (Å²) in [6.07, 6.45) is 14.9. The van der Waals surface area contributed by atoms with Crippen molar-refractivity contribution < 1.29 is 9.53 Å². The molecular weight excluding hydrogens is 274 g/mol. The first-order valence-electron chi connectivity index (χ1n) is 9.42. The van der Waals surface area contributed by atoms with Gasteiger partial charge in [-0.05, 0) is 38.5 Å². The van der Waals surface area contributed by atoms with Crippen LogP contribution < -0.4 is 0 Å². The topological polar surface area (TPSA) is 29.5 Å². The quantitative estimate of drug-likeness (QED) is 0.452. The molecule has 3 heteroatoms. The fraction of sp³-hybridized carbons (Fsp3) is 0.842. The second kappa shape index (κ2) is 8.59. The molecule has 0 aromatic rings. The number of unbranched alkanes of at least 4 members (excludes halogenated alkanes) is 4. The highest BCUT2D eigenvalue weighted by Gasteiger charge is 2.45. The Labute approximate surface area is 136 Å². The highest BCUT2D eigenvalue weighted by molar-refractivity contribution is 5.86. The van der Waals surface area contributed by atoms with Gasteiger partial charge in [-0.2, -0.15) is 0 Å². The zero-order valence-electron chi connectivity index (χ0n) is 14.5. The number of carbonyl (C=O) groups is 1. The highest BCUT2D eigenvalue weighted by Crippen LogP contribution is 2.42. The lowest BCUT2D eigenvalue weighted by Crippen LogP contribution is -2.42. The molecule has 0 unspecified atom stereocenters. The maximum absolute atomic E-state index is 12.0. The zero-order chi connectivity index (χ0) is 15.8. The summed E-state index contributed by atoms with van der Waals surface area (Å²) in [7, 11) is 0. The van der Waals surface area contributed by atoms with Crippen molar-refractivity contribution in [1.82, 2.24) is 4.90 Å². The first kappa shape index (κ1) is 17.4. The van der Waals surface area contributed by atoms with E-state index in [0.29, 0.717) is 0 Å². The number of rotatable bonds is 9. The Hall–Kier alpha value is -0.990. The van der Waals surface area contributed by atoms with Gasteiger partial charge < -0.3 is 9.64 Å². The molecule has 0 radical (unpaired) electrons. The van der Waals surface area contributed by atoms with Crippen LogP contribution in [0.15, 0.2) is 11.8 Å². The first-order valence-corrected chi connectivity index (χ1v) is 9.42. The predicted octanol–water partition coefficient (Wildman–Crippen LogP) is 4.81. The van der Waals surface area contributed by atoms with E-state index in [9.17, 15) is 4.79 Å². The number of ether oxygens (including phenoxy) is 1. The van der Waals surface area contributed by atoms with Gasteiger partial charge in [-0.15, -0.1) is 0 Å². The van der Waals surface area contributed by atoms with Crippen molar-refractivity contribution in [3.8, 4) is 0 Å². The van der Waals surface area contributed by atoms with Crippen molar-refractivity contribution in [1.29, 1.82) is 0 Å². The molecular formula is C19H33NO2. The number of hydrogen-bond acceptors (Lipinski definition) is 3. The van der Waals surface area contributed by atoms with E-state index in [1.54, 1.807) is 6.08 Å². The van der Waals surface area contributed by atoms with Crippen LogP contribution in [0.3, 0.4) is 0 Å². The molecule has 2 aliphatic rings. The van der Waals surface area contributed by atoms with Crippen LogP contribution in [0.4, 0.5) is 0 Å². The standard InChI is InChI=1S/C19H33NO2/c1-3-5-10-14-20(15-11-6-4-2)17-16-18(21)22-19(17)12-8-7-9-13-19/h16H,3-15H2,1-2H3. The van der Waals surface area contributed by atoms with Crippen LogP contribution >= 0.6 is 0 Å². The molecule has 3 nitrogen and oxygen atoms in total. The number of carbonyl (C=O) groups excluding carboxylic acids is 1. The summed E-state index contributed by atoms with van der Waals surface area (Å²) in [5.41, 5.74) is 0.915. The third-order valence-corrected chi connectivity index (χ3v) is 5.08. The lowest BCUT2D eigenvalue weighted by molar-refractivity contribution is -0.149. The maximum Gasteiger partial charge on any atom is 0.333 e. The minimum Gasteiger partial charge on any atom is -0.449 e. The van der Waals surface area contributed by atoms with E-state index in [2.05, 4.69) is 18.7 Å². The van der Waals surface area contributed by atoms with Crippen molar-refractivity contribution in [2.24, 2.45) is 0 Å². The van der Waals surface area contributed by atoms with Crippen LogP contribution in [-0.4, -0.2) is 29.6 Å². The zero-order valence-corrected chi connectivity index (χ0v) is 14.5. The Morgan fingerprint density at radius 1 is 1.00 bits per heavy atom. The van der Waals surface area contributed by atoms with Crippen LogP contribution in [-0.2, 0) is 9.53 Å². The Morgan fingerprint density at radius 2 is 1.59 bits per heavy atom. The van der Waals surface area contributed by atoms with Crippen molar-refractivity contribution >= 4 is 5.97 Å². The van der Waals surface area contributed by atoms with Gasteiger partial charge in [0, 0.05) is 19.2 Å². The number of nitrogens with zero attached hydrogens (tertiary/aromatic N) is 1. The third kappa shape index (κ3) is 4.27. The summed E-state index contributed by atoms with van der Waals surface area (Å²) in [5.74, 6) is -0.118. The van der Waals surface area contributed by atoms with Gasteiger partial charge in [-0.25, -0.2) is 4.79 Å². The van der Waals surface area contributed by atoms with Crippen molar-refractivity contribution in [2.45, 2.75) is 90.1 Å². The van der Waals surface area contributed by atoms with E-state index < -0.39 is 0 Å². The summed E-state index contributed by atoms with van der Waals surface area (Å²) in [6.45, 7) is 6.63. The third-order valence-electron chi connectivity index (χ3n) is 5.08.